The number of hydrogen-bond acceptors (Lipinski definition) is 5. The zero-order valence-corrected chi connectivity index (χ0v) is 18.1. The van der Waals surface area contributed by atoms with Crippen molar-refractivity contribution in [3.63, 3.8) is 0 Å². The van der Waals surface area contributed by atoms with Gasteiger partial charge in [-0.25, -0.2) is 0 Å². The minimum atomic E-state index is -0.0366. The van der Waals surface area contributed by atoms with Crippen LogP contribution < -0.4 is 10.1 Å². The highest BCUT2D eigenvalue weighted by atomic mass is 32.2. The number of ether oxygens (including phenoxy) is 1. The molecule has 30 heavy (non-hydrogen) atoms. The molecule has 7 heteroatoms. The Morgan fingerprint density at radius 2 is 1.83 bits per heavy atom. The van der Waals surface area contributed by atoms with Gasteiger partial charge in [0.2, 0.25) is 5.91 Å². The van der Waals surface area contributed by atoms with Crippen LogP contribution in [0.4, 0.5) is 0 Å². The Morgan fingerprint density at radius 1 is 1.13 bits per heavy atom. The number of benzene rings is 2. The van der Waals surface area contributed by atoms with E-state index in [0.29, 0.717) is 24.7 Å². The van der Waals surface area contributed by atoms with Crippen LogP contribution >= 0.6 is 11.8 Å². The van der Waals surface area contributed by atoms with Gasteiger partial charge in [-0.15, -0.1) is 16.8 Å². The predicted octanol–water partition coefficient (Wildman–Crippen LogP) is 3.78. The number of rotatable bonds is 10. The number of amides is 1. The van der Waals surface area contributed by atoms with Crippen molar-refractivity contribution in [2.24, 2.45) is 0 Å². The highest BCUT2D eigenvalue weighted by Crippen LogP contribution is 2.20. The SMILES string of the molecule is C=CCn1c(Cc2ccc(OC)cc2)nnc1SCC(=O)NCc1ccc(C)cc1. The molecular formula is C23H26N4O2S. The molecule has 0 bridgehead atoms. The standard InChI is InChI=1S/C23H26N4O2S/c1-4-13-27-21(14-18-9-11-20(29-3)12-10-18)25-26-23(27)30-16-22(28)24-15-19-7-5-17(2)6-8-19/h4-12H,1,13-16H2,2-3H3,(H,24,28). The summed E-state index contributed by atoms with van der Waals surface area (Å²) in [5, 5.41) is 12.3. The van der Waals surface area contributed by atoms with Crippen LogP contribution in [-0.2, 0) is 24.3 Å². The molecule has 0 aliphatic rings. The Morgan fingerprint density at radius 3 is 2.50 bits per heavy atom. The van der Waals surface area contributed by atoms with Crippen LogP contribution in [0.5, 0.6) is 5.75 Å². The van der Waals surface area contributed by atoms with Crippen LogP contribution in [0.1, 0.15) is 22.5 Å². The van der Waals surface area contributed by atoms with Crippen molar-refractivity contribution >= 4 is 17.7 Å². The van der Waals surface area contributed by atoms with Crippen molar-refractivity contribution in [3.8, 4) is 5.75 Å². The zero-order valence-electron chi connectivity index (χ0n) is 17.3. The normalized spacial score (nSPS) is 10.6. The highest BCUT2D eigenvalue weighted by Gasteiger charge is 2.14. The Hall–Kier alpha value is -3.06. The van der Waals surface area contributed by atoms with Gasteiger partial charge >= 0.3 is 0 Å². The molecule has 0 saturated carbocycles. The Balaban J connectivity index is 1.58. The molecule has 0 radical (unpaired) electrons. The molecule has 0 atom stereocenters. The van der Waals surface area contributed by atoms with Gasteiger partial charge in [0.05, 0.1) is 12.9 Å². The molecule has 1 aromatic heterocycles. The van der Waals surface area contributed by atoms with E-state index in [-0.39, 0.29) is 11.7 Å². The number of aryl methyl sites for hydroxylation is 1. The molecule has 3 rings (SSSR count). The number of carbonyl (C=O) groups excluding carboxylic acids is 1. The number of carbonyl (C=O) groups is 1. The van der Waals surface area contributed by atoms with Crippen LogP contribution in [-0.4, -0.2) is 33.5 Å². The second kappa shape index (κ2) is 10.6. The fraction of sp³-hybridized carbons (Fsp3) is 0.261. The number of allylic oxidation sites excluding steroid dienone is 1. The number of nitrogens with one attached hydrogen (secondary N) is 1. The number of methoxy groups -OCH3 is 1. The molecule has 0 aliphatic heterocycles. The minimum absolute atomic E-state index is 0.0366. The first-order valence-corrected chi connectivity index (χ1v) is 10.7. The molecule has 0 unspecified atom stereocenters. The summed E-state index contributed by atoms with van der Waals surface area (Å²) in [6.45, 7) is 6.98. The third-order valence-corrected chi connectivity index (χ3v) is 5.54. The molecular weight excluding hydrogens is 396 g/mol. The average molecular weight is 423 g/mol. The van der Waals surface area contributed by atoms with Crippen molar-refractivity contribution in [3.05, 3.63) is 83.7 Å². The topological polar surface area (TPSA) is 69.0 Å². The summed E-state index contributed by atoms with van der Waals surface area (Å²) in [7, 11) is 1.65. The summed E-state index contributed by atoms with van der Waals surface area (Å²) in [5.74, 6) is 1.90. The van der Waals surface area contributed by atoms with Crippen LogP contribution in [0.2, 0.25) is 0 Å². The van der Waals surface area contributed by atoms with E-state index in [1.54, 1.807) is 7.11 Å². The van der Waals surface area contributed by atoms with Crippen molar-refractivity contribution in [1.82, 2.24) is 20.1 Å². The van der Waals surface area contributed by atoms with Gasteiger partial charge in [-0.3, -0.25) is 4.79 Å². The molecule has 0 fully saturated rings. The third-order valence-electron chi connectivity index (χ3n) is 4.57. The molecule has 0 saturated heterocycles. The fourth-order valence-corrected chi connectivity index (χ4v) is 3.68. The predicted molar refractivity (Wildman–Crippen MR) is 120 cm³/mol. The maximum Gasteiger partial charge on any atom is 0.230 e. The lowest BCUT2D eigenvalue weighted by atomic mass is 10.1. The lowest BCUT2D eigenvalue weighted by Crippen LogP contribution is -2.24. The first kappa shape index (κ1) is 21.6. The van der Waals surface area contributed by atoms with Crippen molar-refractivity contribution < 1.29 is 9.53 Å². The lowest BCUT2D eigenvalue weighted by molar-refractivity contribution is -0.118. The second-order valence-corrected chi connectivity index (χ2v) is 7.82. The van der Waals surface area contributed by atoms with E-state index in [2.05, 4.69) is 22.1 Å². The molecule has 1 heterocycles. The summed E-state index contributed by atoms with van der Waals surface area (Å²) < 4.78 is 7.20. The maximum atomic E-state index is 12.3. The molecule has 3 aromatic rings. The second-order valence-electron chi connectivity index (χ2n) is 6.87. The first-order valence-electron chi connectivity index (χ1n) is 9.70. The van der Waals surface area contributed by atoms with Gasteiger partial charge in [0.1, 0.15) is 11.6 Å². The molecule has 0 spiro atoms. The quantitative estimate of drug-likeness (QED) is 0.398. The number of thioether (sulfide) groups is 1. The van der Waals surface area contributed by atoms with E-state index in [1.165, 1.54) is 17.3 Å². The number of aromatic nitrogens is 3. The Labute approximate surface area is 181 Å². The molecule has 6 nitrogen and oxygen atoms in total. The zero-order chi connectivity index (χ0) is 21.3. The van der Waals surface area contributed by atoms with E-state index >= 15 is 0 Å². The summed E-state index contributed by atoms with van der Waals surface area (Å²) in [4.78, 5) is 12.3. The van der Waals surface area contributed by atoms with Gasteiger partial charge in [0, 0.05) is 19.5 Å². The van der Waals surface area contributed by atoms with Gasteiger partial charge in [-0.05, 0) is 30.2 Å². The van der Waals surface area contributed by atoms with E-state index in [1.807, 2.05) is 66.1 Å². The van der Waals surface area contributed by atoms with Crippen LogP contribution in [0.3, 0.4) is 0 Å². The minimum Gasteiger partial charge on any atom is -0.497 e. The fourth-order valence-electron chi connectivity index (χ4n) is 2.88. The van der Waals surface area contributed by atoms with Gasteiger partial charge in [0.15, 0.2) is 5.16 Å². The number of hydrogen-bond donors (Lipinski definition) is 1. The van der Waals surface area contributed by atoms with Crippen molar-refractivity contribution in [1.29, 1.82) is 0 Å². The third kappa shape index (κ3) is 5.97. The van der Waals surface area contributed by atoms with Gasteiger partial charge in [-0.2, -0.15) is 0 Å². The van der Waals surface area contributed by atoms with E-state index in [0.717, 1.165) is 22.7 Å². The highest BCUT2D eigenvalue weighted by molar-refractivity contribution is 7.99. The van der Waals surface area contributed by atoms with Crippen LogP contribution in [0, 0.1) is 6.92 Å². The summed E-state index contributed by atoms with van der Waals surface area (Å²) in [5.41, 5.74) is 3.39. The first-order chi connectivity index (χ1) is 14.6. The monoisotopic (exact) mass is 422 g/mol. The van der Waals surface area contributed by atoms with Gasteiger partial charge in [0.25, 0.3) is 0 Å². The number of nitrogens with zero attached hydrogens (tertiary/aromatic N) is 3. The lowest BCUT2D eigenvalue weighted by Gasteiger charge is -2.09. The molecule has 2 aromatic carbocycles. The average Bonchev–Trinajstić information content (AvgIpc) is 3.14. The van der Waals surface area contributed by atoms with Crippen molar-refractivity contribution in [2.45, 2.75) is 31.6 Å². The maximum absolute atomic E-state index is 12.3. The van der Waals surface area contributed by atoms with Crippen molar-refractivity contribution in [2.75, 3.05) is 12.9 Å². The molecule has 0 aliphatic carbocycles. The summed E-state index contributed by atoms with van der Waals surface area (Å²) >= 11 is 1.38. The largest absolute Gasteiger partial charge is 0.497 e. The van der Waals surface area contributed by atoms with E-state index in [9.17, 15) is 4.79 Å². The smallest absolute Gasteiger partial charge is 0.230 e. The Bertz CT molecular complexity index is 981. The van der Waals surface area contributed by atoms with Crippen LogP contribution in [0.15, 0.2) is 66.3 Å². The van der Waals surface area contributed by atoms with E-state index < -0.39 is 0 Å². The molecule has 1 amide bonds. The molecule has 156 valence electrons. The summed E-state index contributed by atoms with van der Waals surface area (Å²) in [6, 6.07) is 16.0. The van der Waals surface area contributed by atoms with Crippen LogP contribution in [0.25, 0.3) is 0 Å². The Kier molecular flexibility index (Phi) is 7.68. The van der Waals surface area contributed by atoms with Gasteiger partial charge < -0.3 is 14.6 Å². The summed E-state index contributed by atoms with van der Waals surface area (Å²) in [6.07, 6.45) is 2.45. The molecule has 1 N–H and O–H groups in total. The van der Waals surface area contributed by atoms with E-state index in [4.69, 9.17) is 4.74 Å². The van der Waals surface area contributed by atoms with Gasteiger partial charge in [-0.1, -0.05) is 59.8 Å².